The van der Waals surface area contributed by atoms with E-state index in [2.05, 4.69) is 41.5 Å². The summed E-state index contributed by atoms with van der Waals surface area (Å²) in [6.07, 6.45) is 4.85. The lowest BCUT2D eigenvalue weighted by molar-refractivity contribution is 0.877. The van der Waals surface area contributed by atoms with Gasteiger partial charge < -0.3 is 5.73 Å². The molecule has 0 radical (unpaired) electrons. The molecule has 2 aromatic carbocycles. The van der Waals surface area contributed by atoms with Crippen LogP contribution in [0.25, 0.3) is 16.8 Å². The minimum absolute atomic E-state index is 0.680. The van der Waals surface area contributed by atoms with Crippen LogP contribution in [0, 0.1) is 0 Å². The molecule has 0 aliphatic heterocycles. The Hall–Kier alpha value is -2.39. The number of aromatic nitrogens is 2. The molecule has 0 saturated heterocycles. The van der Waals surface area contributed by atoms with E-state index in [1.165, 1.54) is 11.1 Å². The first-order valence-corrected chi connectivity index (χ1v) is 6.76. The van der Waals surface area contributed by atoms with Gasteiger partial charge in [0, 0.05) is 11.8 Å². The molecule has 0 aliphatic rings. The van der Waals surface area contributed by atoms with Gasteiger partial charge in [0.15, 0.2) is 0 Å². The molecule has 3 heteroatoms. The van der Waals surface area contributed by atoms with E-state index in [9.17, 15) is 0 Å². The first kappa shape index (κ1) is 12.6. The van der Waals surface area contributed by atoms with Crippen molar-refractivity contribution in [1.29, 1.82) is 0 Å². The first-order valence-electron chi connectivity index (χ1n) is 6.76. The zero-order valence-corrected chi connectivity index (χ0v) is 11.2. The minimum atomic E-state index is 0.680. The maximum Gasteiger partial charge on any atom is 0.0645 e. The van der Waals surface area contributed by atoms with Gasteiger partial charge in [0.1, 0.15) is 0 Å². The number of rotatable bonds is 4. The van der Waals surface area contributed by atoms with Crippen LogP contribution in [0.15, 0.2) is 67.0 Å². The topological polar surface area (TPSA) is 43.8 Å². The van der Waals surface area contributed by atoms with Gasteiger partial charge in [-0.15, -0.1) is 0 Å². The standard InChI is InChI=1S/C17H17N3/c18-11-10-14-6-8-17(9-7-14)20-13-16(12-19-20)15-4-2-1-3-5-15/h1-9,12-13H,10-11,18H2. The Morgan fingerprint density at radius 2 is 1.65 bits per heavy atom. The van der Waals surface area contributed by atoms with Crippen molar-refractivity contribution in [3.8, 4) is 16.8 Å². The molecule has 0 atom stereocenters. The molecular formula is C17H17N3. The largest absolute Gasteiger partial charge is 0.330 e. The highest BCUT2D eigenvalue weighted by Gasteiger charge is 2.03. The molecule has 100 valence electrons. The van der Waals surface area contributed by atoms with Gasteiger partial charge in [0.2, 0.25) is 0 Å². The average Bonchev–Trinajstić information content (AvgIpc) is 2.99. The highest BCUT2D eigenvalue weighted by molar-refractivity contribution is 5.62. The van der Waals surface area contributed by atoms with Gasteiger partial charge in [0.05, 0.1) is 11.9 Å². The second-order valence-electron chi connectivity index (χ2n) is 4.74. The Morgan fingerprint density at radius 1 is 0.900 bits per heavy atom. The highest BCUT2D eigenvalue weighted by atomic mass is 15.3. The Morgan fingerprint density at radius 3 is 2.35 bits per heavy atom. The second-order valence-corrected chi connectivity index (χ2v) is 4.74. The number of hydrogen-bond acceptors (Lipinski definition) is 2. The van der Waals surface area contributed by atoms with Crippen LogP contribution >= 0.6 is 0 Å². The molecule has 0 bridgehead atoms. The van der Waals surface area contributed by atoms with Crippen LogP contribution in [0.1, 0.15) is 5.56 Å². The zero-order chi connectivity index (χ0) is 13.8. The Kier molecular flexibility index (Phi) is 3.61. The van der Waals surface area contributed by atoms with Crippen molar-refractivity contribution in [2.75, 3.05) is 6.54 Å². The minimum Gasteiger partial charge on any atom is -0.330 e. The molecule has 3 rings (SSSR count). The average molecular weight is 263 g/mol. The molecular weight excluding hydrogens is 246 g/mol. The predicted molar refractivity (Wildman–Crippen MR) is 81.8 cm³/mol. The summed E-state index contributed by atoms with van der Waals surface area (Å²) in [6.45, 7) is 0.680. The van der Waals surface area contributed by atoms with Crippen molar-refractivity contribution in [2.45, 2.75) is 6.42 Å². The molecule has 0 amide bonds. The normalized spacial score (nSPS) is 10.7. The fraction of sp³-hybridized carbons (Fsp3) is 0.118. The summed E-state index contributed by atoms with van der Waals surface area (Å²) >= 11 is 0. The van der Waals surface area contributed by atoms with Gasteiger partial charge in [-0.25, -0.2) is 4.68 Å². The number of benzene rings is 2. The van der Waals surface area contributed by atoms with Crippen molar-refractivity contribution in [1.82, 2.24) is 9.78 Å². The lowest BCUT2D eigenvalue weighted by Crippen LogP contribution is -2.02. The van der Waals surface area contributed by atoms with Gasteiger partial charge >= 0.3 is 0 Å². The van der Waals surface area contributed by atoms with Crippen molar-refractivity contribution in [3.05, 3.63) is 72.6 Å². The van der Waals surface area contributed by atoms with E-state index in [4.69, 9.17) is 5.73 Å². The van der Waals surface area contributed by atoms with E-state index < -0.39 is 0 Å². The van der Waals surface area contributed by atoms with Crippen LogP contribution in [-0.2, 0) is 6.42 Å². The van der Waals surface area contributed by atoms with Crippen molar-refractivity contribution < 1.29 is 0 Å². The molecule has 20 heavy (non-hydrogen) atoms. The number of hydrogen-bond donors (Lipinski definition) is 1. The summed E-state index contributed by atoms with van der Waals surface area (Å²) in [5, 5.41) is 4.43. The van der Waals surface area contributed by atoms with E-state index in [0.29, 0.717) is 6.54 Å². The van der Waals surface area contributed by atoms with E-state index in [0.717, 1.165) is 17.7 Å². The fourth-order valence-electron chi connectivity index (χ4n) is 2.23. The Bertz CT molecular complexity index is 669. The molecule has 2 N–H and O–H groups in total. The molecule has 3 nitrogen and oxygen atoms in total. The summed E-state index contributed by atoms with van der Waals surface area (Å²) < 4.78 is 1.90. The number of nitrogens with two attached hydrogens (primary N) is 1. The summed E-state index contributed by atoms with van der Waals surface area (Å²) in [7, 11) is 0. The molecule has 1 heterocycles. The fourth-order valence-corrected chi connectivity index (χ4v) is 2.23. The van der Waals surface area contributed by atoms with Gasteiger partial charge in [-0.1, -0.05) is 42.5 Å². The lowest BCUT2D eigenvalue weighted by Gasteiger charge is -2.03. The van der Waals surface area contributed by atoms with Gasteiger partial charge in [-0.3, -0.25) is 0 Å². The van der Waals surface area contributed by atoms with E-state index in [-0.39, 0.29) is 0 Å². The van der Waals surface area contributed by atoms with Crippen LogP contribution in [0.5, 0.6) is 0 Å². The SMILES string of the molecule is NCCc1ccc(-n2cc(-c3ccccc3)cn2)cc1. The molecule has 0 saturated carbocycles. The maximum atomic E-state index is 5.56. The predicted octanol–water partition coefficient (Wildman–Crippen LogP) is 3.04. The third-order valence-electron chi connectivity index (χ3n) is 3.32. The van der Waals surface area contributed by atoms with Gasteiger partial charge in [-0.2, -0.15) is 5.10 Å². The molecule has 0 spiro atoms. The van der Waals surface area contributed by atoms with Crippen LogP contribution in [0.2, 0.25) is 0 Å². The second kappa shape index (κ2) is 5.72. The van der Waals surface area contributed by atoms with Crippen LogP contribution < -0.4 is 5.73 Å². The van der Waals surface area contributed by atoms with Crippen LogP contribution in [0.3, 0.4) is 0 Å². The monoisotopic (exact) mass is 263 g/mol. The summed E-state index contributed by atoms with van der Waals surface area (Å²) in [5.41, 5.74) is 10.2. The number of nitrogens with zero attached hydrogens (tertiary/aromatic N) is 2. The van der Waals surface area contributed by atoms with Crippen LogP contribution in [0.4, 0.5) is 0 Å². The summed E-state index contributed by atoms with van der Waals surface area (Å²) in [5.74, 6) is 0. The smallest absolute Gasteiger partial charge is 0.0645 e. The molecule has 0 fully saturated rings. The zero-order valence-electron chi connectivity index (χ0n) is 11.2. The van der Waals surface area contributed by atoms with E-state index in [1.54, 1.807) is 0 Å². The van der Waals surface area contributed by atoms with Gasteiger partial charge in [-0.05, 0) is 36.2 Å². The summed E-state index contributed by atoms with van der Waals surface area (Å²) in [4.78, 5) is 0. The summed E-state index contributed by atoms with van der Waals surface area (Å²) in [6, 6.07) is 18.6. The maximum absolute atomic E-state index is 5.56. The quantitative estimate of drug-likeness (QED) is 0.786. The van der Waals surface area contributed by atoms with E-state index >= 15 is 0 Å². The molecule has 0 unspecified atom stereocenters. The van der Waals surface area contributed by atoms with E-state index in [1.807, 2.05) is 35.3 Å². The Labute approximate surface area is 118 Å². The van der Waals surface area contributed by atoms with Crippen LogP contribution in [-0.4, -0.2) is 16.3 Å². The molecule has 3 aromatic rings. The van der Waals surface area contributed by atoms with Crippen molar-refractivity contribution in [3.63, 3.8) is 0 Å². The lowest BCUT2D eigenvalue weighted by atomic mass is 10.1. The molecule has 0 aliphatic carbocycles. The molecule has 1 aromatic heterocycles. The van der Waals surface area contributed by atoms with Crippen molar-refractivity contribution in [2.24, 2.45) is 5.73 Å². The first-order chi connectivity index (χ1) is 9.86. The highest BCUT2D eigenvalue weighted by Crippen LogP contribution is 2.19. The van der Waals surface area contributed by atoms with Gasteiger partial charge in [0.25, 0.3) is 0 Å². The Balaban J connectivity index is 1.86. The third-order valence-corrected chi connectivity index (χ3v) is 3.32. The third kappa shape index (κ3) is 2.63. The van der Waals surface area contributed by atoms with Crippen molar-refractivity contribution >= 4 is 0 Å².